The van der Waals surface area contributed by atoms with Crippen LogP contribution in [0.4, 0.5) is 0 Å². The molecule has 0 spiro atoms. The van der Waals surface area contributed by atoms with Crippen LogP contribution in [0.25, 0.3) is 11.1 Å². The number of hydrogen-bond acceptors (Lipinski definition) is 1. The van der Waals surface area contributed by atoms with Crippen LogP contribution < -0.4 is 0 Å². The maximum Gasteiger partial charge on any atom is 0.347 e. The van der Waals surface area contributed by atoms with Gasteiger partial charge in [0.2, 0.25) is 0 Å². The lowest BCUT2D eigenvalue weighted by Gasteiger charge is -2.02. The molecule has 2 heteroatoms. The third-order valence-electron chi connectivity index (χ3n) is 5.01. The molecule has 0 aliphatic heterocycles. The standard InChI is InChI=1S/C19H22OP/c1-14-18(19(14,2)3)21(20)13-15-9-11-17(12-10-15)16-7-5-4-6-8-16/h4-12,14,18H,13H2,1-3H3/q+1. The summed E-state index contributed by atoms with van der Waals surface area (Å²) in [5.41, 5.74) is 4.28. The van der Waals surface area contributed by atoms with Crippen LogP contribution in [0, 0.1) is 11.3 Å². The molecule has 1 fully saturated rings. The van der Waals surface area contributed by atoms with Crippen LogP contribution >= 0.6 is 7.80 Å². The third kappa shape index (κ3) is 2.80. The minimum atomic E-state index is -1.15. The van der Waals surface area contributed by atoms with Crippen molar-refractivity contribution < 1.29 is 4.57 Å². The molecular weight excluding hydrogens is 275 g/mol. The van der Waals surface area contributed by atoms with Gasteiger partial charge in [-0.05, 0) is 16.7 Å². The average Bonchev–Trinajstić information content (AvgIpc) is 2.99. The molecule has 0 N–H and O–H groups in total. The highest BCUT2D eigenvalue weighted by molar-refractivity contribution is 7.45. The van der Waals surface area contributed by atoms with Gasteiger partial charge in [0.25, 0.3) is 0 Å². The summed E-state index contributed by atoms with van der Waals surface area (Å²) in [4.78, 5) is 0. The summed E-state index contributed by atoms with van der Waals surface area (Å²) in [6.07, 6.45) is 0.711. The smallest absolute Gasteiger partial charge is 0.0741 e. The lowest BCUT2D eigenvalue weighted by atomic mass is 10.0. The van der Waals surface area contributed by atoms with E-state index >= 15 is 0 Å². The van der Waals surface area contributed by atoms with Gasteiger partial charge in [0.15, 0.2) is 11.8 Å². The molecular formula is C19H22OP+. The van der Waals surface area contributed by atoms with Crippen LogP contribution in [0.2, 0.25) is 0 Å². The summed E-state index contributed by atoms with van der Waals surface area (Å²) in [5.74, 6) is 0.588. The maximum absolute atomic E-state index is 12.5. The van der Waals surface area contributed by atoms with Crippen LogP contribution in [0.5, 0.6) is 0 Å². The van der Waals surface area contributed by atoms with Gasteiger partial charge in [-0.3, -0.25) is 0 Å². The molecule has 3 rings (SSSR count). The largest absolute Gasteiger partial charge is 0.347 e. The minimum Gasteiger partial charge on any atom is -0.0741 e. The second kappa shape index (κ2) is 5.39. The Kier molecular flexibility index (Phi) is 3.71. The SMILES string of the molecule is CC1C([P+](=O)Cc2ccc(-c3ccccc3)cc2)C1(C)C. The topological polar surface area (TPSA) is 17.1 Å². The Bertz CT molecular complexity index is 643. The van der Waals surface area contributed by atoms with Crippen molar-refractivity contribution in [2.75, 3.05) is 0 Å². The van der Waals surface area contributed by atoms with Gasteiger partial charge in [-0.1, -0.05) is 79.9 Å². The molecule has 1 saturated carbocycles. The lowest BCUT2D eigenvalue weighted by molar-refractivity contribution is 0.569. The summed E-state index contributed by atoms with van der Waals surface area (Å²) < 4.78 is 12.5. The van der Waals surface area contributed by atoms with E-state index in [9.17, 15) is 4.57 Å². The van der Waals surface area contributed by atoms with Crippen molar-refractivity contribution in [3.05, 3.63) is 60.2 Å². The quantitative estimate of drug-likeness (QED) is 0.659. The molecule has 108 valence electrons. The predicted molar refractivity (Wildman–Crippen MR) is 89.9 cm³/mol. The predicted octanol–water partition coefficient (Wildman–Crippen LogP) is 5.73. The molecule has 1 aliphatic rings. The molecule has 2 aromatic rings. The molecule has 3 unspecified atom stereocenters. The second-order valence-corrected chi connectivity index (χ2v) is 8.40. The Labute approximate surface area is 128 Å². The van der Waals surface area contributed by atoms with Crippen molar-refractivity contribution in [3.8, 4) is 11.1 Å². The van der Waals surface area contributed by atoms with Crippen LogP contribution in [-0.4, -0.2) is 5.66 Å². The van der Waals surface area contributed by atoms with E-state index in [1.165, 1.54) is 16.7 Å². The normalized spacial score (nSPS) is 23.7. The first kappa shape index (κ1) is 14.5. The average molecular weight is 297 g/mol. The van der Waals surface area contributed by atoms with Gasteiger partial charge in [-0.25, -0.2) is 0 Å². The molecule has 0 radical (unpaired) electrons. The monoisotopic (exact) mass is 297 g/mol. The summed E-state index contributed by atoms with van der Waals surface area (Å²) in [7, 11) is -1.15. The van der Waals surface area contributed by atoms with Crippen molar-refractivity contribution in [2.24, 2.45) is 11.3 Å². The van der Waals surface area contributed by atoms with Crippen molar-refractivity contribution in [2.45, 2.75) is 32.6 Å². The van der Waals surface area contributed by atoms with E-state index in [0.717, 1.165) is 0 Å². The molecule has 3 atom stereocenters. The van der Waals surface area contributed by atoms with Gasteiger partial charge in [0.1, 0.15) is 0 Å². The highest BCUT2D eigenvalue weighted by Crippen LogP contribution is 2.64. The fraction of sp³-hybridized carbons (Fsp3) is 0.368. The molecule has 0 saturated heterocycles. The highest BCUT2D eigenvalue weighted by Gasteiger charge is 2.66. The zero-order chi connectivity index (χ0) is 15.0. The van der Waals surface area contributed by atoms with Crippen molar-refractivity contribution >= 4 is 7.80 Å². The molecule has 21 heavy (non-hydrogen) atoms. The molecule has 0 aromatic heterocycles. The van der Waals surface area contributed by atoms with Gasteiger partial charge < -0.3 is 0 Å². The molecule has 0 amide bonds. The Morgan fingerprint density at radius 3 is 2.00 bits per heavy atom. The van der Waals surface area contributed by atoms with E-state index < -0.39 is 7.80 Å². The number of benzene rings is 2. The first-order chi connectivity index (χ1) is 10.00. The van der Waals surface area contributed by atoms with Crippen molar-refractivity contribution in [1.29, 1.82) is 0 Å². The van der Waals surface area contributed by atoms with Crippen molar-refractivity contribution in [3.63, 3.8) is 0 Å². The first-order valence-corrected chi connectivity index (χ1v) is 9.09. The van der Waals surface area contributed by atoms with Crippen LogP contribution in [0.1, 0.15) is 26.3 Å². The summed E-state index contributed by atoms with van der Waals surface area (Å²) in [6, 6.07) is 18.9. The molecule has 0 bridgehead atoms. The molecule has 2 aromatic carbocycles. The maximum atomic E-state index is 12.5. The molecule has 1 aliphatic carbocycles. The van der Waals surface area contributed by atoms with Gasteiger partial charge in [0, 0.05) is 11.3 Å². The van der Waals surface area contributed by atoms with Gasteiger partial charge >= 0.3 is 7.80 Å². The lowest BCUT2D eigenvalue weighted by Crippen LogP contribution is -1.92. The van der Waals surface area contributed by atoms with E-state index in [0.29, 0.717) is 17.7 Å². The zero-order valence-electron chi connectivity index (χ0n) is 12.9. The van der Waals surface area contributed by atoms with Crippen molar-refractivity contribution in [1.82, 2.24) is 0 Å². The highest BCUT2D eigenvalue weighted by atomic mass is 31.1. The Morgan fingerprint density at radius 2 is 1.48 bits per heavy atom. The summed E-state index contributed by atoms with van der Waals surface area (Å²) in [5, 5.41) is 0. The van der Waals surface area contributed by atoms with Gasteiger partial charge in [0.05, 0.1) is 0 Å². The second-order valence-electron chi connectivity index (χ2n) is 6.69. The summed E-state index contributed by atoms with van der Waals surface area (Å²) in [6.45, 7) is 6.68. The fourth-order valence-corrected chi connectivity index (χ4v) is 5.74. The van der Waals surface area contributed by atoms with Crippen LogP contribution in [0.3, 0.4) is 0 Å². The number of rotatable bonds is 4. The Morgan fingerprint density at radius 1 is 0.952 bits per heavy atom. The van der Waals surface area contributed by atoms with E-state index in [4.69, 9.17) is 0 Å². The Hall–Kier alpha value is -1.46. The van der Waals surface area contributed by atoms with E-state index in [1.54, 1.807) is 0 Å². The Balaban J connectivity index is 1.70. The third-order valence-corrected chi connectivity index (χ3v) is 7.42. The fourth-order valence-electron chi connectivity index (χ4n) is 3.19. The van der Waals surface area contributed by atoms with Gasteiger partial charge in [-0.2, -0.15) is 0 Å². The first-order valence-electron chi connectivity index (χ1n) is 7.58. The summed E-state index contributed by atoms with van der Waals surface area (Å²) >= 11 is 0. The van der Waals surface area contributed by atoms with E-state index in [1.807, 2.05) is 6.07 Å². The minimum absolute atomic E-state index is 0.261. The number of hydrogen-bond donors (Lipinski definition) is 0. The van der Waals surface area contributed by atoms with Crippen LogP contribution in [0.15, 0.2) is 54.6 Å². The van der Waals surface area contributed by atoms with E-state index in [-0.39, 0.29) is 5.41 Å². The van der Waals surface area contributed by atoms with Gasteiger partial charge in [-0.15, -0.1) is 0 Å². The molecule has 1 nitrogen and oxygen atoms in total. The molecule has 0 heterocycles. The van der Waals surface area contributed by atoms with E-state index in [2.05, 4.69) is 69.3 Å². The zero-order valence-corrected chi connectivity index (χ0v) is 13.8. The van der Waals surface area contributed by atoms with Crippen LogP contribution in [-0.2, 0) is 10.7 Å².